The quantitative estimate of drug-likeness (QED) is 0.851. The Kier molecular flexibility index (Phi) is 2.54. The normalized spacial score (nSPS) is 13.1. The fourth-order valence-electron chi connectivity index (χ4n) is 1.16. The molecule has 0 saturated carbocycles. The van der Waals surface area contributed by atoms with Gasteiger partial charge in [0.1, 0.15) is 12.4 Å². The van der Waals surface area contributed by atoms with Crippen molar-refractivity contribution in [1.29, 1.82) is 0 Å². The molecular weight excluding hydrogens is 222 g/mol. The van der Waals surface area contributed by atoms with Gasteiger partial charge >= 0.3 is 0 Å². The van der Waals surface area contributed by atoms with Crippen LogP contribution < -0.4 is 0 Å². The third-order valence-corrected chi connectivity index (χ3v) is 3.14. The summed E-state index contributed by atoms with van der Waals surface area (Å²) in [5.74, 6) is 0.517. The molecule has 6 heteroatoms. The van der Waals surface area contributed by atoms with Gasteiger partial charge in [-0.3, -0.25) is 4.68 Å². The molecule has 1 N–H and O–H groups in total. The standard InChI is InChI=1S/C8H8ClN3OS/c1-12-8(10-4-11-12)7(13)5-2-3-6(9)14-5/h2-4,7,13H,1H3. The molecule has 2 aromatic rings. The van der Waals surface area contributed by atoms with Crippen LogP contribution in [0.5, 0.6) is 0 Å². The van der Waals surface area contributed by atoms with E-state index in [9.17, 15) is 5.11 Å². The predicted molar refractivity (Wildman–Crippen MR) is 54.4 cm³/mol. The number of rotatable bonds is 2. The van der Waals surface area contributed by atoms with Crippen LogP contribution in [0.1, 0.15) is 16.8 Å². The van der Waals surface area contributed by atoms with Crippen LogP contribution in [0.25, 0.3) is 0 Å². The Labute approximate surface area is 89.8 Å². The maximum atomic E-state index is 9.90. The third-order valence-electron chi connectivity index (χ3n) is 1.85. The zero-order chi connectivity index (χ0) is 10.1. The Morgan fingerprint density at radius 2 is 2.36 bits per heavy atom. The summed E-state index contributed by atoms with van der Waals surface area (Å²) in [5.41, 5.74) is 0. The van der Waals surface area contributed by atoms with Gasteiger partial charge in [-0.15, -0.1) is 11.3 Å². The monoisotopic (exact) mass is 229 g/mol. The Bertz CT molecular complexity index is 439. The Morgan fingerprint density at radius 1 is 1.57 bits per heavy atom. The second-order valence-corrected chi connectivity index (χ2v) is 4.53. The maximum Gasteiger partial charge on any atom is 0.160 e. The predicted octanol–water partition coefficient (Wildman–Crippen LogP) is 1.61. The average molecular weight is 230 g/mol. The molecule has 2 aromatic heterocycles. The molecule has 4 nitrogen and oxygen atoms in total. The van der Waals surface area contributed by atoms with Crippen LogP contribution in [0.2, 0.25) is 4.34 Å². The van der Waals surface area contributed by atoms with E-state index in [1.165, 1.54) is 22.3 Å². The lowest BCUT2D eigenvalue weighted by Gasteiger charge is -2.06. The lowest BCUT2D eigenvalue weighted by Crippen LogP contribution is -2.06. The van der Waals surface area contributed by atoms with Crippen molar-refractivity contribution in [2.24, 2.45) is 7.05 Å². The van der Waals surface area contributed by atoms with Gasteiger partial charge in [0.05, 0.1) is 4.34 Å². The first-order valence-electron chi connectivity index (χ1n) is 3.95. The van der Waals surface area contributed by atoms with Gasteiger partial charge in [0, 0.05) is 11.9 Å². The van der Waals surface area contributed by atoms with Crippen molar-refractivity contribution in [2.75, 3.05) is 0 Å². The molecular formula is C8H8ClN3OS. The van der Waals surface area contributed by atoms with Crippen molar-refractivity contribution < 1.29 is 5.11 Å². The van der Waals surface area contributed by atoms with E-state index in [1.54, 1.807) is 19.2 Å². The number of aromatic nitrogens is 3. The summed E-state index contributed by atoms with van der Waals surface area (Å²) >= 11 is 7.11. The van der Waals surface area contributed by atoms with Crippen molar-refractivity contribution in [2.45, 2.75) is 6.10 Å². The van der Waals surface area contributed by atoms with Gasteiger partial charge in [0.25, 0.3) is 0 Å². The van der Waals surface area contributed by atoms with E-state index in [0.717, 1.165) is 4.88 Å². The van der Waals surface area contributed by atoms with Crippen LogP contribution in [0.15, 0.2) is 18.5 Å². The Balaban J connectivity index is 2.33. The molecule has 1 unspecified atom stereocenters. The molecule has 0 aromatic carbocycles. The lowest BCUT2D eigenvalue weighted by molar-refractivity contribution is 0.208. The summed E-state index contributed by atoms with van der Waals surface area (Å²) in [6.07, 6.45) is 0.660. The first kappa shape index (κ1) is 9.64. The van der Waals surface area contributed by atoms with Gasteiger partial charge in [0.2, 0.25) is 0 Å². The molecule has 0 fully saturated rings. The first-order chi connectivity index (χ1) is 6.68. The number of hydrogen-bond acceptors (Lipinski definition) is 4. The largest absolute Gasteiger partial charge is 0.379 e. The number of nitrogens with zero attached hydrogens (tertiary/aromatic N) is 3. The minimum Gasteiger partial charge on any atom is -0.379 e. The van der Waals surface area contributed by atoms with E-state index in [-0.39, 0.29) is 0 Å². The number of aryl methyl sites for hydroxylation is 1. The molecule has 0 aliphatic rings. The van der Waals surface area contributed by atoms with Crippen LogP contribution in [0.4, 0.5) is 0 Å². The number of halogens is 1. The highest BCUT2D eigenvalue weighted by atomic mass is 35.5. The summed E-state index contributed by atoms with van der Waals surface area (Å²) in [7, 11) is 1.74. The second kappa shape index (κ2) is 3.68. The van der Waals surface area contributed by atoms with Gasteiger partial charge in [-0.2, -0.15) is 5.10 Å². The highest BCUT2D eigenvalue weighted by Gasteiger charge is 2.17. The minimum absolute atomic E-state index is 0.517. The SMILES string of the molecule is Cn1ncnc1C(O)c1ccc(Cl)s1. The average Bonchev–Trinajstić information content (AvgIpc) is 2.73. The van der Waals surface area contributed by atoms with E-state index in [1.807, 2.05) is 0 Å². The van der Waals surface area contributed by atoms with Crippen LogP contribution in [0, 0.1) is 0 Å². The van der Waals surface area contributed by atoms with Crippen molar-refractivity contribution in [3.8, 4) is 0 Å². The summed E-state index contributed by atoms with van der Waals surface area (Å²) in [4.78, 5) is 4.74. The zero-order valence-corrected chi connectivity index (χ0v) is 8.96. The molecule has 2 rings (SSSR count). The van der Waals surface area contributed by atoms with Gasteiger partial charge in [0.15, 0.2) is 5.82 Å². The van der Waals surface area contributed by atoms with E-state index in [4.69, 9.17) is 11.6 Å². The topological polar surface area (TPSA) is 50.9 Å². The molecule has 0 aliphatic carbocycles. The highest BCUT2D eigenvalue weighted by Crippen LogP contribution is 2.29. The summed E-state index contributed by atoms with van der Waals surface area (Å²) in [6, 6.07) is 3.54. The number of hydrogen-bond donors (Lipinski definition) is 1. The van der Waals surface area contributed by atoms with Crippen molar-refractivity contribution >= 4 is 22.9 Å². The summed E-state index contributed by atoms with van der Waals surface area (Å²) in [6.45, 7) is 0. The van der Waals surface area contributed by atoms with Crippen LogP contribution >= 0.6 is 22.9 Å². The fraction of sp³-hybridized carbons (Fsp3) is 0.250. The smallest absolute Gasteiger partial charge is 0.160 e. The molecule has 0 bridgehead atoms. The molecule has 1 atom stereocenters. The molecule has 0 radical (unpaired) electrons. The molecule has 0 spiro atoms. The van der Waals surface area contributed by atoms with E-state index >= 15 is 0 Å². The third kappa shape index (κ3) is 1.66. The van der Waals surface area contributed by atoms with Crippen molar-refractivity contribution in [3.63, 3.8) is 0 Å². The maximum absolute atomic E-state index is 9.90. The van der Waals surface area contributed by atoms with Crippen molar-refractivity contribution in [1.82, 2.24) is 14.8 Å². The molecule has 14 heavy (non-hydrogen) atoms. The Hall–Kier alpha value is -0.910. The number of thiophene rings is 1. The highest BCUT2D eigenvalue weighted by molar-refractivity contribution is 7.16. The van der Waals surface area contributed by atoms with Crippen molar-refractivity contribution in [3.05, 3.63) is 33.5 Å². The summed E-state index contributed by atoms with van der Waals surface area (Å²) in [5, 5.41) is 13.8. The van der Waals surface area contributed by atoms with E-state index < -0.39 is 6.10 Å². The van der Waals surface area contributed by atoms with E-state index in [2.05, 4.69) is 10.1 Å². The fourth-order valence-corrected chi connectivity index (χ4v) is 2.20. The summed E-state index contributed by atoms with van der Waals surface area (Å²) < 4.78 is 2.19. The Morgan fingerprint density at radius 3 is 2.86 bits per heavy atom. The minimum atomic E-state index is -0.750. The zero-order valence-electron chi connectivity index (χ0n) is 7.38. The number of aliphatic hydroxyl groups is 1. The van der Waals surface area contributed by atoms with Gasteiger partial charge in [-0.1, -0.05) is 11.6 Å². The van der Waals surface area contributed by atoms with Crippen LogP contribution in [-0.4, -0.2) is 19.9 Å². The molecule has 0 amide bonds. The molecule has 0 saturated heterocycles. The molecule has 74 valence electrons. The molecule has 2 heterocycles. The van der Waals surface area contributed by atoms with Crippen LogP contribution in [0.3, 0.4) is 0 Å². The molecule has 0 aliphatic heterocycles. The first-order valence-corrected chi connectivity index (χ1v) is 5.15. The van der Waals surface area contributed by atoms with Crippen LogP contribution in [-0.2, 0) is 7.05 Å². The van der Waals surface area contributed by atoms with Gasteiger partial charge < -0.3 is 5.11 Å². The lowest BCUT2D eigenvalue weighted by atomic mass is 10.3. The van der Waals surface area contributed by atoms with Gasteiger partial charge in [-0.25, -0.2) is 4.98 Å². The van der Waals surface area contributed by atoms with E-state index in [0.29, 0.717) is 10.2 Å². The van der Waals surface area contributed by atoms with Gasteiger partial charge in [-0.05, 0) is 12.1 Å². The second-order valence-electron chi connectivity index (χ2n) is 2.79. The number of aliphatic hydroxyl groups excluding tert-OH is 1.